The highest BCUT2D eigenvalue weighted by Gasteiger charge is 2.30. The summed E-state index contributed by atoms with van der Waals surface area (Å²) in [5.41, 5.74) is 0.486. The molecule has 0 aliphatic rings. The number of nitrogens with one attached hydrogen (secondary N) is 1. The van der Waals surface area contributed by atoms with Gasteiger partial charge < -0.3 is 9.72 Å². The van der Waals surface area contributed by atoms with Gasteiger partial charge in [0.05, 0.1) is 16.8 Å². The molecule has 5 nitrogen and oxygen atoms in total. The highest BCUT2D eigenvalue weighted by molar-refractivity contribution is 6.07. The van der Waals surface area contributed by atoms with Crippen LogP contribution in [0.2, 0.25) is 0 Å². The van der Waals surface area contributed by atoms with Gasteiger partial charge in [0.25, 0.3) is 0 Å². The second kappa shape index (κ2) is 6.80. The molecule has 0 spiro atoms. The first-order valence-corrected chi connectivity index (χ1v) is 8.20. The van der Waals surface area contributed by atoms with Crippen LogP contribution in [0.5, 0.6) is 11.6 Å². The number of hydrogen-bond acceptors (Lipinski definition) is 4. The number of nitrogens with zero attached hydrogens (tertiary/aromatic N) is 2. The van der Waals surface area contributed by atoms with E-state index >= 15 is 0 Å². The summed E-state index contributed by atoms with van der Waals surface area (Å²) in [7, 11) is 0. The smallest absolute Gasteiger partial charge is 0.417 e. The highest BCUT2D eigenvalue weighted by atomic mass is 19.4. The maximum Gasteiger partial charge on any atom is 0.417 e. The van der Waals surface area contributed by atoms with Crippen LogP contribution in [0.15, 0.2) is 67.0 Å². The van der Waals surface area contributed by atoms with E-state index in [-0.39, 0.29) is 11.7 Å². The number of rotatable bonds is 4. The molecule has 140 valence electrons. The molecular weight excluding hydrogens is 371 g/mol. The minimum atomic E-state index is -4.45. The van der Waals surface area contributed by atoms with Gasteiger partial charge in [-0.3, -0.25) is 4.79 Å². The molecule has 0 bridgehead atoms. The molecular formula is C20H12F3N3O2. The third-order valence-corrected chi connectivity index (χ3v) is 4.02. The lowest BCUT2D eigenvalue weighted by Gasteiger charge is -2.09. The number of fused-ring (bicyclic) bond motifs is 1. The summed E-state index contributed by atoms with van der Waals surface area (Å²) < 4.78 is 43.3. The van der Waals surface area contributed by atoms with Crippen LogP contribution >= 0.6 is 0 Å². The Labute approximate surface area is 156 Å². The number of ether oxygens (including phenoxy) is 1. The number of aromatic amines is 1. The van der Waals surface area contributed by atoms with Crippen molar-refractivity contribution in [2.24, 2.45) is 0 Å². The molecule has 1 aromatic carbocycles. The van der Waals surface area contributed by atoms with Gasteiger partial charge in [0.15, 0.2) is 0 Å². The van der Waals surface area contributed by atoms with E-state index in [0.29, 0.717) is 28.0 Å². The minimum absolute atomic E-state index is 0.0406. The quantitative estimate of drug-likeness (QED) is 0.504. The zero-order valence-electron chi connectivity index (χ0n) is 14.2. The van der Waals surface area contributed by atoms with Crippen LogP contribution in [-0.4, -0.2) is 20.7 Å². The van der Waals surface area contributed by atoms with Crippen molar-refractivity contribution >= 4 is 16.7 Å². The van der Waals surface area contributed by atoms with Gasteiger partial charge in [-0.15, -0.1) is 0 Å². The number of hydrogen-bond donors (Lipinski definition) is 1. The first-order chi connectivity index (χ1) is 13.4. The largest absolute Gasteiger partial charge is 0.439 e. The number of pyridine rings is 2. The maximum absolute atomic E-state index is 12.6. The Hall–Kier alpha value is -3.68. The average Bonchev–Trinajstić information content (AvgIpc) is 3.21. The molecule has 0 aliphatic heterocycles. The molecule has 0 unspecified atom stereocenters. The van der Waals surface area contributed by atoms with Crippen molar-refractivity contribution in [1.29, 1.82) is 0 Å². The Kier molecular flexibility index (Phi) is 4.31. The van der Waals surface area contributed by atoms with Gasteiger partial charge in [-0.1, -0.05) is 6.07 Å². The molecule has 3 aromatic heterocycles. The number of H-pyrrole nitrogens is 1. The molecule has 0 amide bonds. The number of halogens is 3. The van der Waals surface area contributed by atoms with E-state index < -0.39 is 11.7 Å². The van der Waals surface area contributed by atoms with E-state index in [4.69, 9.17) is 4.74 Å². The fourth-order valence-electron chi connectivity index (χ4n) is 2.63. The van der Waals surface area contributed by atoms with Gasteiger partial charge in [0.1, 0.15) is 11.4 Å². The lowest BCUT2D eigenvalue weighted by Crippen LogP contribution is -2.05. The van der Waals surface area contributed by atoms with Gasteiger partial charge in [0, 0.05) is 23.8 Å². The second-order valence-corrected chi connectivity index (χ2v) is 5.95. The summed E-state index contributed by atoms with van der Waals surface area (Å²) in [5, 5.41) is 0.715. The molecule has 4 aromatic rings. The topological polar surface area (TPSA) is 67.9 Å². The minimum Gasteiger partial charge on any atom is -0.439 e. The van der Waals surface area contributed by atoms with Gasteiger partial charge in [-0.25, -0.2) is 9.97 Å². The highest BCUT2D eigenvalue weighted by Crippen LogP contribution is 2.30. The van der Waals surface area contributed by atoms with Gasteiger partial charge >= 0.3 is 6.18 Å². The van der Waals surface area contributed by atoms with Crippen molar-refractivity contribution in [3.8, 4) is 11.6 Å². The summed E-state index contributed by atoms with van der Waals surface area (Å²) >= 11 is 0. The predicted molar refractivity (Wildman–Crippen MR) is 95.3 cm³/mol. The van der Waals surface area contributed by atoms with Crippen LogP contribution in [-0.2, 0) is 6.18 Å². The molecule has 28 heavy (non-hydrogen) atoms. The monoisotopic (exact) mass is 383 g/mol. The van der Waals surface area contributed by atoms with Crippen molar-refractivity contribution in [2.45, 2.75) is 6.18 Å². The number of carbonyl (C=O) groups is 1. The Morgan fingerprint density at radius 2 is 1.89 bits per heavy atom. The van der Waals surface area contributed by atoms with Gasteiger partial charge in [0.2, 0.25) is 11.7 Å². The van der Waals surface area contributed by atoms with E-state index in [1.807, 2.05) is 0 Å². The fourth-order valence-corrected chi connectivity index (χ4v) is 2.63. The predicted octanol–water partition coefficient (Wildman–Crippen LogP) is 5.00. The molecule has 0 fully saturated rings. The van der Waals surface area contributed by atoms with E-state index in [1.165, 1.54) is 0 Å². The van der Waals surface area contributed by atoms with Crippen molar-refractivity contribution in [3.05, 3.63) is 83.9 Å². The summed E-state index contributed by atoms with van der Waals surface area (Å²) in [6, 6.07) is 13.7. The standard InChI is InChI=1S/C20H12F3N3O2/c21-20(22,23)13-4-8-18(25-11-13)28-14-5-7-15-12(10-14)3-6-17(26-15)19(27)16-2-1-9-24-16/h1-11,24H. The average molecular weight is 383 g/mol. The number of carbonyl (C=O) groups excluding carboxylic acids is 1. The molecule has 1 N–H and O–H groups in total. The lowest BCUT2D eigenvalue weighted by atomic mass is 10.1. The van der Waals surface area contributed by atoms with Crippen LogP contribution in [0.4, 0.5) is 13.2 Å². The lowest BCUT2D eigenvalue weighted by molar-refractivity contribution is -0.137. The van der Waals surface area contributed by atoms with Crippen LogP contribution in [0.25, 0.3) is 10.9 Å². The number of benzene rings is 1. The van der Waals surface area contributed by atoms with E-state index in [1.54, 1.807) is 48.7 Å². The van der Waals surface area contributed by atoms with Gasteiger partial charge in [-0.2, -0.15) is 13.2 Å². The maximum atomic E-state index is 12.6. The first kappa shape index (κ1) is 17.7. The molecule has 0 saturated carbocycles. The van der Waals surface area contributed by atoms with E-state index in [9.17, 15) is 18.0 Å². The zero-order valence-corrected chi connectivity index (χ0v) is 14.2. The molecule has 0 radical (unpaired) electrons. The molecule has 0 saturated heterocycles. The summed E-state index contributed by atoms with van der Waals surface area (Å²) in [6.45, 7) is 0. The number of ketones is 1. The van der Waals surface area contributed by atoms with Crippen LogP contribution in [0, 0.1) is 0 Å². The van der Waals surface area contributed by atoms with Crippen molar-refractivity contribution < 1.29 is 22.7 Å². The fraction of sp³-hybridized carbons (Fsp3) is 0.0500. The molecule has 8 heteroatoms. The second-order valence-electron chi connectivity index (χ2n) is 5.95. The van der Waals surface area contributed by atoms with Crippen LogP contribution in [0.3, 0.4) is 0 Å². The van der Waals surface area contributed by atoms with Crippen LogP contribution < -0.4 is 4.74 Å². The molecule has 3 heterocycles. The first-order valence-electron chi connectivity index (χ1n) is 8.20. The van der Waals surface area contributed by atoms with Crippen LogP contribution in [0.1, 0.15) is 21.7 Å². The Morgan fingerprint density at radius 3 is 2.57 bits per heavy atom. The summed E-state index contributed by atoms with van der Waals surface area (Å²) in [4.78, 5) is 23.2. The number of alkyl halides is 3. The number of aromatic nitrogens is 3. The molecule has 0 atom stereocenters. The summed E-state index contributed by atoms with van der Waals surface area (Å²) in [5.74, 6) is 0.213. The van der Waals surface area contributed by atoms with E-state index in [0.717, 1.165) is 18.3 Å². The van der Waals surface area contributed by atoms with Crippen molar-refractivity contribution in [1.82, 2.24) is 15.0 Å². The van der Waals surface area contributed by atoms with Gasteiger partial charge in [-0.05, 0) is 42.5 Å². The molecule has 4 rings (SSSR count). The normalized spacial score (nSPS) is 11.5. The van der Waals surface area contributed by atoms with E-state index in [2.05, 4.69) is 15.0 Å². The Bertz CT molecular complexity index is 1140. The zero-order chi connectivity index (χ0) is 19.7. The van der Waals surface area contributed by atoms with Crippen molar-refractivity contribution in [2.75, 3.05) is 0 Å². The summed E-state index contributed by atoms with van der Waals surface area (Å²) in [6.07, 6.45) is -2.07. The third-order valence-electron chi connectivity index (χ3n) is 4.02. The molecule has 0 aliphatic carbocycles. The van der Waals surface area contributed by atoms with Crippen molar-refractivity contribution in [3.63, 3.8) is 0 Å². The SMILES string of the molecule is O=C(c1ccc2cc(Oc3ccc(C(F)(F)F)cn3)ccc2n1)c1ccc[nH]1. The third kappa shape index (κ3) is 3.57. The Morgan fingerprint density at radius 1 is 1.04 bits per heavy atom. The Balaban J connectivity index is 1.56.